The number of hydrogen-bond acceptors (Lipinski definition) is 4. The van der Waals surface area contributed by atoms with Crippen LogP contribution in [-0.4, -0.2) is 23.4 Å². The van der Waals surface area contributed by atoms with Crippen LogP contribution in [0.25, 0.3) is 0 Å². The quantitative estimate of drug-likeness (QED) is 0.581. The average Bonchev–Trinajstić information content (AvgIpc) is 3.18. The van der Waals surface area contributed by atoms with Gasteiger partial charge in [0.15, 0.2) is 0 Å². The van der Waals surface area contributed by atoms with Gasteiger partial charge in [0.2, 0.25) is 5.91 Å². The first-order valence-corrected chi connectivity index (χ1v) is 5.89. The van der Waals surface area contributed by atoms with E-state index in [9.17, 15) is 14.9 Å². The van der Waals surface area contributed by atoms with Crippen LogP contribution in [0.4, 0.5) is 5.69 Å². The third-order valence-electron chi connectivity index (χ3n) is 2.79. The van der Waals surface area contributed by atoms with Crippen molar-refractivity contribution in [2.45, 2.75) is 25.4 Å². The maximum absolute atomic E-state index is 11.5. The summed E-state index contributed by atoms with van der Waals surface area (Å²) >= 11 is 0. The van der Waals surface area contributed by atoms with E-state index in [1.807, 2.05) is 0 Å². The van der Waals surface area contributed by atoms with Crippen molar-refractivity contribution in [2.75, 3.05) is 6.54 Å². The van der Waals surface area contributed by atoms with E-state index < -0.39 is 4.92 Å². The Kier molecular flexibility index (Phi) is 3.88. The van der Waals surface area contributed by atoms with Crippen molar-refractivity contribution in [1.29, 1.82) is 0 Å². The molecule has 1 fully saturated rings. The van der Waals surface area contributed by atoms with Crippen LogP contribution in [0.3, 0.4) is 0 Å². The van der Waals surface area contributed by atoms with Crippen molar-refractivity contribution in [3.8, 4) is 0 Å². The maximum atomic E-state index is 11.5. The molecular formula is C12H15N3O3. The number of nitro groups is 1. The van der Waals surface area contributed by atoms with Crippen molar-refractivity contribution in [2.24, 2.45) is 0 Å². The zero-order valence-electron chi connectivity index (χ0n) is 9.89. The third kappa shape index (κ3) is 3.53. The molecule has 0 atom stereocenters. The minimum atomic E-state index is -0.441. The summed E-state index contributed by atoms with van der Waals surface area (Å²) in [6.07, 6.45) is 2.24. The van der Waals surface area contributed by atoms with Crippen LogP contribution in [0.2, 0.25) is 0 Å². The molecule has 0 bridgehead atoms. The van der Waals surface area contributed by atoms with Crippen molar-refractivity contribution in [3.63, 3.8) is 0 Å². The summed E-state index contributed by atoms with van der Waals surface area (Å²) in [5.74, 6) is -0.139. The summed E-state index contributed by atoms with van der Waals surface area (Å²) < 4.78 is 0. The first kappa shape index (κ1) is 12.5. The molecule has 1 aromatic carbocycles. The van der Waals surface area contributed by atoms with Gasteiger partial charge in [0.25, 0.3) is 5.69 Å². The highest BCUT2D eigenvalue weighted by atomic mass is 16.6. The van der Waals surface area contributed by atoms with Crippen LogP contribution in [0, 0.1) is 10.1 Å². The van der Waals surface area contributed by atoms with Crippen LogP contribution in [-0.2, 0) is 11.3 Å². The summed E-state index contributed by atoms with van der Waals surface area (Å²) in [5, 5.41) is 16.5. The van der Waals surface area contributed by atoms with Gasteiger partial charge in [-0.05, 0) is 12.8 Å². The molecule has 0 aromatic heterocycles. The third-order valence-corrected chi connectivity index (χ3v) is 2.79. The molecule has 18 heavy (non-hydrogen) atoms. The predicted octanol–water partition coefficient (Wildman–Crippen LogP) is 0.963. The fourth-order valence-corrected chi connectivity index (χ4v) is 1.62. The van der Waals surface area contributed by atoms with E-state index in [0.29, 0.717) is 11.6 Å². The first-order chi connectivity index (χ1) is 8.66. The van der Waals surface area contributed by atoms with E-state index in [1.165, 1.54) is 6.07 Å². The zero-order chi connectivity index (χ0) is 13.0. The Labute approximate surface area is 105 Å². The first-order valence-electron chi connectivity index (χ1n) is 5.89. The Hall–Kier alpha value is -1.95. The summed E-state index contributed by atoms with van der Waals surface area (Å²) in [4.78, 5) is 21.8. The molecule has 1 saturated carbocycles. The minimum absolute atomic E-state index is 0.0351. The lowest BCUT2D eigenvalue weighted by molar-refractivity contribution is -0.385. The highest BCUT2D eigenvalue weighted by molar-refractivity contribution is 5.78. The lowest BCUT2D eigenvalue weighted by Gasteiger charge is -2.06. The number of benzene rings is 1. The van der Waals surface area contributed by atoms with Gasteiger partial charge in [0.1, 0.15) is 0 Å². The standard InChI is InChI=1S/C12H15N3O3/c16-12(8-13-10-5-6-10)14-7-9-3-1-2-4-11(9)15(17)18/h1-4,10,13H,5-8H2,(H,14,16). The van der Waals surface area contributed by atoms with Gasteiger partial charge in [-0.3, -0.25) is 14.9 Å². The SMILES string of the molecule is O=C(CNC1CC1)NCc1ccccc1[N+](=O)[O-]. The largest absolute Gasteiger partial charge is 0.351 e. The fraction of sp³-hybridized carbons (Fsp3) is 0.417. The zero-order valence-corrected chi connectivity index (χ0v) is 9.89. The van der Waals surface area contributed by atoms with Crippen molar-refractivity contribution < 1.29 is 9.72 Å². The number of nitrogens with one attached hydrogen (secondary N) is 2. The monoisotopic (exact) mass is 249 g/mol. The molecule has 0 unspecified atom stereocenters. The summed E-state index contributed by atoms with van der Waals surface area (Å²) in [6.45, 7) is 0.452. The number of nitro benzene ring substituents is 1. The topological polar surface area (TPSA) is 84.3 Å². The number of rotatable bonds is 6. The van der Waals surface area contributed by atoms with Crippen LogP contribution in [0.15, 0.2) is 24.3 Å². The molecular weight excluding hydrogens is 234 g/mol. The Balaban J connectivity index is 1.84. The van der Waals surface area contributed by atoms with Gasteiger partial charge in [-0.2, -0.15) is 0 Å². The second-order valence-corrected chi connectivity index (χ2v) is 4.32. The second kappa shape index (κ2) is 5.59. The number of nitrogens with zero attached hydrogens (tertiary/aromatic N) is 1. The normalized spacial score (nSPS) is 14.2. The number of para-hydroxylation sites is 1. The molecule has 1 aliphatic rings. The van der Waals surface area contributed by atoms with Crippen LogP contribution in [0.5, 0.6) is 0 Å². The number of carbonyl (C=O) groups is 1. The van der Waals surface area contributed by atoms with Crippen molar-refractivity contribution >= 4 is 11.6 Å². The molecule has 2 N–H and O–H groups in total. The van der Waals surface area contributed by atoms with E-state index >= 15 is 0 Å². The van der Waals surface area contributed by atoms with Gasteiger partial charge < -0.3 is 10.6 Å². The highest BCUT2D eigenvalue weighted by Crippen LogP contribution is 2.18. The lowest BCUT2D eigenvalue weighted by Crippen LogP contribution is -2.34. The van der Waals surface area contributed by atoms with Gasteiger partial charge >= 0.3 is 0 Å². The Morgan fingerprint density at radius 3 is 2.78 bits per heavy atom. The predicted molar refractivity (Wildman–Crippen MR) is 66.0 cm³/mol. The summed E-state index contributed by atoms with van der Waals surface area (Å²) in [7, 11) is 0. The van der Waals surface area contributed by atoms with E-state index in [-0.39, 0.29) is 24.7 Å². The minimum Gasteiger partial charge on any atom is -0.351 e. The molecule has 0 heterocycles. The second-order valence-electron chi connectivity index (χ2n) is 4.32. The Morgan fingerprint density at radius 1 is 1.39 bits per heavy atom. The number of amides is 1. The van der Waals surface area contributed by atoms with Gasteiger partial charge in [-0.1, -0.05) is 18.2 Å². The van der Waals surface area contributed by atoms with E-state index in [0.717, 1.165) is 12.8 Å². The highest BCUT2D eigenvalue weighted by Gasteiger charge is 2.21. The molecule has 0 radical (unpaired) electrons. The number of hydrogen-bond donors (Lipinski definition) is 2. The Bertz CT molecular complexity index is 458. The van der Waals surface area contributed by atoms with Crippen LogP contribution in [0.1, 0.15) is 18.4 Å². The average molecular weight is 249 g/mol. The smallest absolute Gasteiger partial charge is 0.274 e. The Morgan fingerprint density at radius 2 is 2.11 bits per heavy atom. The maximum Gasteiger partial charge on any atom is 0.274 e. The van der Waals surface area contributed by atoms with Crippen LogP contribution >= 0.6 is 0 Å². The molecule has 0 saturated heterocycles. The number of carbonyl (C=O) groups excluding carboxylic acids is 1. The summed E-state index contributed by atoms with van der Waals surface area (Å²) in [5.41, 5.74) is 0.551. The molecule has 1 aliphatic carbocycles. The lowest BCUT2D eigenvalue weighted by atomic mass is 10.2. The van der Waals surface area contributed by atoms with E-state index in [2.05, 4.69) is 10.6 Å². The molecule has 2 rings (SSSR count). The van der Waals surface area contributed by atoms with Crippen molar-refractivity contribution in [1.82, 2.24) is 10.6 Å². The fourth-order valence-electron chi connectivity index (χ4n) is 1.62. The molecule has 0 spiro atoms. The molecule has 6 nitrogen and oxygen atoms in total. The molecule has 1 aromatic rings. The van der Waals surface area contributed by atoms with Gasteiger partial charge in [-0.25, -0.2) is 0 Å². The molecule has 96 valence electrons. The van der Waals surface area contributed by atoms with E-state index in [1.54, 1.807) is 18.2 Å². The molecule has 1 amide bonds. The van der Waals surface area contributed by atoms with Gasteiger partial charge in [0.05, 0.1) is 11.5 Å². The van der Waals surface area contributed by atoms with Crippen molar-refractivity contribution in [3.05, 3.63) is 39.9 Å². The van der Waals surface area contributed by atoms with E-state index in [4.69, 9.17) is 0 Å². The van der Waals surface area contributed by atoms with Gasteiger partial charge in [-0.15, -0.1) is 0 Å². The molecule has 0 aliphatic heterocycles. The summed E-state index contributed by atoms with van der Waals surface area (Å²) in [6, 6.07) is 6.88. The van der Waals surface area contributed by atoms with Gasteiger partial charge in [0, 0.05) is 24.2 Å². The van der Waals surface area contributed by atoms with Crippen LogP contribution < -0.4 is 10.6 Å². The molecule has 6 heteroatoms.